The first-order valence-electron chi connectivity index (χ1n) is 13.8. The van der Waals surface area contributed by atoms with E-state index in [2.05, 4.69) is 30.9 Å². The van der Waals surface area contributed by atoms with E-state index >= 15 is 0 Å². The maximum atomic E-state index is 11.9. The molecule has 5 fully saturated rings. The van der Waals surface area contributed by atoms with Crippen molar-refractivity contribution < 1.29 is 19.3 Å². The van der Waals surface area contributed by atoms with E-state index in [1.54, 1.807) is 7.11 Å². The minimum Gasteiger partial charge on any atom is -0.493 e. The molecule has 8 rings (SSSR count). The van der Waals surface area contributed by atoms with Crippen LogP contribution in [0.3, 0.4) is 0 Å². The van der Waals surface area contributed by atoms with E-state index in [-0.39, 0.29) is 22.9 Å². The lowest BCUT2D eigenvalue weighted by molar-refractivity contribution is -0.302. The number of hydrogen-bond acceptors (Lipinski definition) is 5. The van der Waals surface area contributed by atoms with Crippen molar-refractivity contribution in [3.8, 4) is 11.5 Å². The smallest absolute Gasteiger partial charge is 0.165 e. The fraction of sp³-hybridized carbons (Fsp3) is 0.793. The van der Waals surface area contributed by atoms with Crippen molar-refractivity contribution in [2.24, 2.45) is 17.3 Å². The third-order valence-corrected chi connectivity index (χ3v) is 11.4. The van der Waals surface area contributed by atoms with Gasteiger partial charge in [0.05, 0.1) is 12.7 Å². The maximum absolute atomic E-state index is 11.9. The quantitative estimate of drug-likeness (QED) is 0.641. The zero-order valence-corrected chi connectivity index (χ0v) is 21.4. The van der Waals surface area contributed by atoms with E-state index in [4.69, 9.17) is 14.2 Å². The molecule has 5 aliphatic carbocycles. The van der Waals surface area contributed by atoms with Gasteiger partial charge in [0.1, 0.15) is 11.7 Å². The van der Waals surface area contributed by atoms with Crippen LogP contribution < -0.4 is 9.47 Å². The van der Waals surface area contributed by atoms with Crippen LogP contribution in [0.5, 0.6) is 11.5 Å². The summed E-state index contributed by atoms with van der Waals surface area (Å²) < 4.78 is 19.5. The first-order chi connectivity index (χ1) is 16.4. The molecule has 4 bridgehead atoms. The zero-order valence-electron chi connectivity index (χ0n) is 21.4. The third kappa shape index (κ3) is 2.38. The number of piperidine rings is 1. The summed E-state index contributed by atoms with van der Waals surface area (Å²) in [5, 5.41) is 11.9. The number of benzene rings is 1. The highest BCUT2D eigenvalue weighted by Crippen LogP contribution is 2.77. The predicted molar refractivity (Wildman–Crippen MR) is 131 cm³/mol. The van der Waals surface area contributed by atoms with Gasteiger partial charge in [-0.15, -0.1) is 0 Å². The largest absolute Gasteiger partial charge is 0.493 e. The number of nitrogens with zero attached hydrogens (tertiary/aromatic N) is 1. The Kier molecular flexibility index (Phi) is 4.47. The lowest BCUT2D eigenvalue weighted by Crippen LogP contribution is -2.82. The van der Waals surface area contributed by atoms with Gasteiger partial charge in [-0.25, -0.2) is 0 Å². The van der Waals surface area contributed by atoms with Crippen LogP contribution >= 0.6 is 0 Å². The molecule has 5 nitrogen and oxygen atoms in total. The average Bonchev–Trinajstić information content (AvgIpc) is 3.57. The van der Waals surface area contributed by atoms with Gasteiger partial charge in [-0.2, -0.15) is 0 Å². The highest BCUT2D eigenvalue weighted by molar-refractivity contribution is 5.63. The van der Waals surface area contributed by atoms with Crippen LogP contribution in [0.1, 0.15) is 76.3 Å². The van der Waals surface area contributed by atoms with E-state index in [9.17, 15) is 5.11 Å². The molecule has 7 atom stereocenters. The summed E-state index contributed by atoms with van der Waals surface area (Å²) >= 11 is 0. The maximum Gasteiger partial charge on any atom is 0.165 e. The van der Waals surface area contributed by atoms with Crippen LogP contribution in [0.25, 0.3) is 0 Å². The van der Waals surface area contributed by atoms with Gasteiger partial charge in [0.25, 0.3) is 0 Å². The van der Waals surface area contributed by atoms with Crippen LogP contribution in [0, 0.1) is 17.3 Å². The summed E-state index contributed by atoms with van der Waals surface area (Å²) in [6.07, 6.45) is 9.91. The van der Waals surface area contributed by atoms with Gasteiger partial charge in [0, 0.05) is 42.0 Å². The second kappa shape index (κ2) is 6.92. The predicted octanol–water partition coefficient (Wildman–Crippen LogP) is 4.47. The number of rotatable bonds is 7. The van der Waals surface area contributed by atoms with Gasteiger partial charge in [0.15, 0.2) is 11.5 Å². The van der Waals surface area contributed by atoms with Gasteiger partial charge in [-0.3, -0.25) is 4.90 Å². The topological polar surface area (TPSA) is 51.2 Å². The molecule has 0 unspecified atom stereocenters. The summed E-state index contributed by atoms with van der Waals surface area (Å²) in [7, 11) is 3.63. The molecule has 34 heavy (non-hydrogen) atoms. The van der Waals surface area contributed by atoms with Crippen molar-refractivity contribution in [2.45, 2.75) is 100 Å². The number of likely N-dealkylation sites (tertiary alicyclic amines) is 1. The molecule has 186 valence electrons. The Hall–Kier alpha value is -1.30. The summed E-state index contributed by atoms with van der Waals surface area (Å²) in [4.78, 5) is 2.86. The van der Waals surface area contributed by atoms with Crippen LogP contribution in [-0.4, -0.2) is 60.7 Å². The second-order valence-corrected chi connectivity index (χ2v) is 12.7. The van der Waals surface area contributed by atoms with Gasteiger partial charge in [-0.05, 0) is 82.4 Å². The number of hydrogen-bond donors (Lipinski definition) is 1. The minimum atomic E-state index is -0.766. The summed E-state index contributed by atoms with van der Waals surface area (Å²) in [6.45, 7) is 6.65. The van der Waals surface area contributed by atoms with Gasteiger partial charge >= 0.3 is 0 Å². The van der Waals surface area contributed by atoms with Crippen molar-refractivity contribution in [3.63, 3.8) is 0 Å². The highest BCUT2D eigenvalue weighted by Gasteiger charge is 2.81. The molecule has 7 aliphatic rings. The van der Waals surface area contributed by atoms with Crippen molar-refractivity contribution in [3.05, 3.63) is 23.3 Å². The minimum absolute atomic E-state index is 0.0395. The van der Waals surface area contributed by atoms with Crippen molar-refractivity contribution in [1.29, 1.82) is 0 Å². The Bertz CT molecular complexity index is 1020. The Morgan fingerprint density at radius 3 is 2.74 bits per heavy atom. The van der Waals surface area contributed by atoms with Crippen molar-refractivity contribution in [1.82, 2.24) is 4.90 Å². The van der Waals surface area contributed by atoms with E-state index in [1.807, 2.05) is 7.11 Å². The number of fused-ring (bicyclic) bond motifs is 2. The lowest BCUT2D eigenvalue weighted by atomic mass is 9.33. The highest BCUT2D eigenvalue weighted by atomic mass is 16.6. The van der Waals surface area contributed by atoms with Crippen LogP contribution in [0.15, 0.2) is 12.1 Å². The molecular weight excluding hydrogens is 426 g/mol. The number of ether oxygens (including phenoxy) is 3. The molecule has 5 heteroatoms. The normalized spacial score (nSPS) is 43.3. The monoisotopic (exact) mass is 467 g/mol. The Morgan fingerprint density at radius 2 is 2.03 bits per heavy atom. The fourth-order valence-electron chi connectivity index (χ4n) is 9.96. The first-order valence-corrected chi connectivity index (χ1v) is 13.8. The fourth-order valence-corrected chi connectivity index (χ4v) is 9.96. The van der Waals surface area contributed by atoms with E-state index in [0.717, 1.165) is 62.5 Å². The van der Waals surface area contributed by atoms with E-state index in [0.29, 0.717) is 6.04 Å². The zero-order chi connectivity index (χ0) is 23.5. The number of aliphatic hydroxyl groups is 1. The van der Waals surface area contributed by atoms with E-state index < -0.39 is 11.2 Å². The second-order valence-electron chi connectivity index (χ2n) is 12.7. The molecule has 2 heterocycles. The SMILES string of the molecule is CCC[C@](C)(O)[C@H]1C[C@@]23CC[C@]1(OC)[C@@H]1Oc4c(OC)ccc5c4[C@@]12CCN(CC1CC1)[C@@H]3C5. The van der Waals surface area contributed by atoms with Gasteiger partial charge < -0.3 is 19.3 Å². The van der Waals surface area contributed by atoms with Gasteiger partial charge in [0.2, 0.25) is 0 Å². The molecule has 0 amide bonds. The van der Waals surface area contributed by atoms with Crippen LogP contribution in [-0.2, 0) is 16.6 Å². The molecule has 1 N–H and O–H groups in total. The molecule has 4 saturated carbocycles. The van der Waals surface area contributed by atoms with Crippen molar-refractivity contribution >= 4 is 0 Å². The molecule has 0 aromatic heterocycles. The average molecular weight is 468 g/mol. The molecule has 2 spiro atoms. The standard InChI is InChI=1S/C29H41NO4/c1-5-10-26(2,31)21-16-27-11-12-29(21,33-4)25-28(27)13-14-30(17-18-6-7-18)22(27)15-19-8-9-20(32-3)24(34-25)23(19)28/h8-9,18,21-22,25,31H,5-7,10-17H2,1-4H3/t21-,22-,25-,26+,27-,28+,29-/m1/s1. The van der Waals surface area contributed by atoms with Crippen LogP contribution in [0.2, 0.25) is 0 Å². The summed E-state index contributed by atoms with van der Waals surface area (Å²) in [5.74, 6) is 2.79. The molecule has 1 aromatic carbocycles. The van der Waals surface area contributed by atoms with Crippen LogP contribution in [0.4, 0.5) is 0 Å². The van der Waals surface area contributed by atoms with Gasteiger partial charge in [-0.1, -0.05) is 19.4 Å². The lowest BCUT2D eigenvalue weighted by Gasteiger charge is -2.75. The van der Waals surface area contributed by atoms with E-state index in [1.165, 1.54) is 36.9 Å². The summed E-state index contributed by atoms with van der Waals surface area (Å²) in [6, 6.07) is 4.96. The molecule has 1 saturated heterocycles. The Morgan fingerprint density at radius 1 is 1.21 bits per heavy atom. The first kappa shape index (κ1) is 21.9. The third-order valence-electron chi connectivity index (χ3n) is 11.4. The molecule has 1 aromatic rings. The summed E-state index contributed by atoms with van der Waals surface area (Å²) in [5.41, 5.74) is 1.75. The molecular formula is C29H41NO4. The molecule has 2 aliphatic heterocycles. The Labute approximate surface area is 204 Å². The Balaban J connectivity index is 1.46. The van der Waals surface area contributed by atoms with Crippen molar-refractivity contribution in [2.75, 3.05) is 27.3 Å². The number of methoxy groups -OCH3 is 2. The molecule has 0 radical (unpaired) electrons.